The van der Waals surface area contributed by atoms with Crippen molar-refractivity contribution in [3.63, 3.8) is 0 Å². The molecule has 4 rings (SSSR count). The molecule has 5 nitrogen and oxygen atoms in total. The highest BCUT2D eigenvalue weighted by Gasteiger charge is 2.22. The average Bonchev–Trinajstić information content (AvgIpc) is 3.43. The summed E-state index contributed by atoms with van der Waals surface area (Å²) in [5.41, 5.74) is 3.32. The molecule has 6 heteroatoms. The number of nitrogens with zero attached hydrogens (tertiary/aromatic N) is 3. The second-order valence-corrected chi connectivity index (χ2v) is 7.79. The smallest absolute Gasteiger partial charge is 0.222 e. The normalized spacial score (nSPS) is 16.9. The molecule has 3 heterocycles. The number of hydrogen-bond acceptors (Lipinski definition) is 4. The summed E-state index contributed by atoms with van der Waals surface area (Å²) in [6, 6.07) is 10.2. The van der Waals surface area contributed by atoms with Crippen LogP contribution in [0.1, 0.15) is 31.9 Å². The molecule has 0 N–H and O–H groups in total. The number of carbonyl (C=O) groups is 1. The Morgan fingerprint density at radius 2 is 2.22 bits per heavy atom. The van der Waals surface area contributed by atoms with Gasteiger partial charge in [-0.3, -0.25) is 9.20 Å². The number of imidazole rings is 1. The maximum atomic E-state index is 12.4. The summed E-state index contributed by atoms with van der Waals surface area (Å²) in [7, 11) is 0. The highest BCUT2D eigenvalue weighted by Crippen LogP contribution is 2.24. The van der Waals surface area contributed by atoms with Gasteiger partial charge in [-0.25, -0.2) is 4.98 Å². The first-order valence-corrected chi connectivity index (χ1v) is 10.5. The molecule has 1 saturated heterocycles. The van der Waals surface area contributed by atoms with Gasteiger partial charge in [0.05, 0.1) is 11.8 Å². The summed E-state index contributed by atoms with van der Waals surface area (Å²) in [6.45, 7) is 4.17. The minimum absolute atomic E-state index is 0.195. The Bertz CT molecular complexity index is 897. The van der Waals surface area contributed by atoms with Crippen LogP contribution in [0.25, 0.3) is 16.2 Å². The molecule has 1 amide bonds. The van der Waals surface area contributed by atoms with Gasteiger partial charge in [0.15, 0.2) is 4.96 Å². The van der Waals surface area contributed by atoms with Crippen molar-refractivity contribution in [1.82, 2.24) is 14.3 Å². The van der Waals surface area contributed by atoms with E-state index in [0.717, 1.165) is 48.6 Å². The van der Waals surface area contributed by atoms with E-state index < -0.39 is 0 Å². The van der Waals surface area contributed by atoms with Gasteiger partial charge in [-0.05, 0) is 12.8 Å². The van der Waals surface area contributed by atoms with Crippen molar-refractivity contribution >= 4 is 22.2 Å². The van der Waals surface area contributed by atoms with Crippen LogP contribution in [0.3, 0.4) is 0 Å². The maximum Gasteiger partial charge on any atom is 0.222 e. The number of amides is 1. The topological polar surface area (TPSA) is 46.8 Å². The van der Waals surface area contributed by atoms with Crippen molar-refractivity contribution in [2.45, 2.75) is 38.7 Å². The van der Waals surface area contributed by atoms with E-state index in [-0.39, 0.29) is 12.0 Å². The van der Waals surface area contributed by atoms with Gasteiger partial charge < -0.3 is 9.64 Å². The molecule has 1 fully saturated rings. The van der Waals surface area contributed by atoms with E-state index >= 15 is 0 Å². The van der Waals surface area contributed by atoms with Crippen molar-refractivity contribution in [3.05, 3.63) is 47.6 Å². The zero-order valence-corrected chi connectivity index (χ0v) is 16.5. The number of fused-ring (bicyclic) bond motifs is 1. The van der Waals surface area contributed by atoms with Crippen LogP contribution in [0.4, 0.5) is 0 Å². The molecule has 0 spiro atoms. The minimum Gasteiger partial charge on any atom is -0.376 e. The van der Waals surface area contributed by atoms with E-state index in [9.17, 15) is 4.79 Å². The first kappa shape index (κ1) is 18.2. The van der Waals surface area contributed by atoms with E-state index in [1.54, 1.807) is 11.3 Å². The molecule has 1 aliphatic rings. The summed E-state index contributed by atoms with van der Waals surface area (Å²) in [5, 5.41) is 2.15. The molecule has 1 atom stereocenters. The van der Waals surface area contributed by atoms with E-state index in [2.05, 4.69) is 28.1 Å². The number of benzene rings is 1. The molecule has 0 bridgehead atoms. The maximum absolute atomic E-state index is 12.4. The molecular formula is C21H25N3O2S. The van der Waals surface area contributed by atoms with Crippen LogP contribution in [0.2, 0.25) is 0 Å². The lowest BCUT2D eigenvalue weighted by Crippen LogP contribution is -2.38. The Morgan fingerprint density at radius 1 is 1.37 bits per heavy atom. The summed E-state index contributed by atoms with van der Waals surface area (Å²) in [4.78, 5) is 20.1. The highest BCUT2D eigenvalue weighted by molar-refractivity contribution is 7.15. The van der Waals surface area contributed by atoms with Crippen LogP contribution in [0.5, 0.6) is 0 Å². The third-order valence-corrected chi connectivity index (χ3v) is 5.98. The Kier molecular flexibility index (Phi) is 5.55. The summed E-state index contributed by atoms with van der Waals surface area (Å²) in [6.07, 6.45) is 5.81. The van der Waals surface area contributed by atoms with Gasteiger partial charge in [0, 0.05) is 55.4 Å². The predicted molar refractivity (Wildman–Crippen MR) is 108 cm³/mol. The third kappa shape index (κ3) is 4.06. The Morgan fingerprint density at radius 3 is 2.96 bits per heavy atom. The van der Waals surface area contributed by atoms with Crippen LogP contribution in [0, 0.1) is 0 Å². The van der Waals surface area contributed by atoms with Gasteiger partial charge in [0.2, 0.25) is 5.91 Å². The zero-order valence-electron chi connectivity index (χ0n) is 15.6. The van der Waals surface area contributed by atoms with Gasteiger partial charge in [-0.2, -0.15) is 0 Å². The Balaban J connectivity index is 1.48. The van der Waals surface area contributed by atoms with Gasteiger partial charge in [-0.15, -0.1) is 11.3 Å². The van der Waals surface area contributed by atoms with Crippen LogP contribution in [0.15, 0.2) is 41.9 Å². The second-order valence-electron chi connectivity index (χ2n) is 6.95. The molecule has 142 valence electrons. The number of rotatable bonds is 7. The summed E-state index contributed by atoms with van der Waals surface area (Å²) in [5.74, 6) is 0.201. The summed E-state index contributed by atoms with van der Waals surface area (Å²) >= 11 is 1.65. The largest absolute Gasteiger partial charge is 0.376 e. The van der Waals surface area contributed by atoms with Crippen molar-refractivity contribution in [2.75, 3.05) is 19.7 Å². The minimum atomic E-state index is 0.195. The molecule has 3 aromatic rings. The fraction of sp³-hybridized carbons (Fsp3) is 0.429. The molecule has 1 aliphatic heterocycles. The molecule has 0 saturated carbocycles. The van der Waals surface area contributed by atoms with Crippen molar-refractivity contribution in [3.8, 4) is 11.3 Å². The Labute approximate surface area is 163 Å². The highest BCUT2D eigenvalue weighted by atomic mass is 32.1. The van der Waals surface area contributed by atoms with E-state index in [1.165, 1.54) is 5.69 Å². The van der Waals surface area contributed by atoms with E-state index in [1.807, 2.05) is 30.0 Å². The van der Waals surface area contributed by atoms with Crippen molar-refractivity contribution < 1.29 is 9.53 Å². The number of aromatic nitrogens is 2. The monoisotopic (exact) mass is 383 g/mol. The number of ether oxygens (including phenoxy) is 1. The molecule has 0 radical (unpaired) electrons. The first-order valence-electron chi connectivity index (χ1n) is 9.65. The lowest BCUT2D eigenvalue weighted by molar-refractivity contribution is -0.132. The van der Waals surface area contributed by atoms with E-state index in [4.69, 9.17) is 9.72 Å². The van der Waals surface area contributed by atoms with Crippen LogP contribution >= 0.6 is 11.3 Å². The Hall–Kier alpha value is -2.18. The number of thiazole rings is 1. The van der Waals surface area contributed by atoms with Gasteiger partial charge in [0.1, 0.15) is 0 Å². The van der Waals surface area contributed by atoms with Gasteiger partial charge >= 0.3 is 0 Å². The molecule has 2 aromatic heterocycles. The van der Waals surface area contributed by atoms with Crippen LogP contribution in [-0.4, -0.2) is 46.0 Å². The fourth-order valence-electron chi connectivity index (χ4n) is 3.58. The quantitative estimate of drug-likeness (QED) is 0.619. The number of carbonyl (C=O) groups excluding carboxylic acids is 1. The molecule has 0 aliphatic carbocycles. The SMILES string of the molecule is CCC(=O)N(CCc1csc2nc(-c3ccccc3)cn12)C[C@H]1CCCO1. The summed E-state index contributed by atoms with van der Waals surface area (Å²) < 4.78 is 7.89. The molecule has 27 heavy (non-hydrogen) atoms. The van der Waals surface area contributed by atoms with Crippen LogP contribution < -0.4 is 0 Å². The van der Waals surface area contributed by atoms with E-state index in [0.29, 0.717) is 13.0 Å². The lowest BCUT2D eigenvalue weighted by Gasteiger charge is -2.25. The number of hydrogen-bond donors (Lipinski definition) is 0. The molecule has 1 aromatic carbocycles. The van der Waals surface area contributed by atoms with Crippen LogP contribution in [-0.2, 0) is 16.0 Å². The fourth-order valence-corrected chi connectivity index (χ4v) is 4.49. The third-order valence-electron chi connectivity index (χ3n) is 5.09. The lowest BCUT2D eigenvalue weighted by atomic mass is 10.2. The van der Waals surface area contributed by atoms with Gasteiger partial charge in [0.25, 0.3) is 0 Å². The predicted octanol–water partition coefficient (Wildman–Crippen LogP) is 4.02. The van der Waals surface area contributed by atoms with Crippen molar-refractivity contribution in [2.24, 2.45) is 0 Å². The first-order chi connectivity index (χ1) is 13.2. The second kappa shape index (κ2) is 8.23. The average molecular weight is 384 g/mol. The van der Waals surface area contributed by atoms with Crippen molar-refractivity contribution in [1.29, 1.82) is 0 Å². The standard InChI is InChI=1S/C21H25N3O2S/c1-2-20(25)23(13-18-9-6-12-26-18)11-10-17-15-27-21-22-19(14-24(17)21)16-7-4-3-5-8-16/h3-5,7-8,14-15,18H,2,6,9-13H2,1H3/t18-/m1/s1. The molecule has 0 unspecified atom stereocenters. The van der Waals surface area contributed by atoms with Gasteiger partial charge in [-0.1, -0.05) is 37.3 Å². The molecular weight excluding hydrogens is 358 g/mol. The zero-order chi connectivity index (χ0) is 18.6.